The molecule has 0 spiro atoms. The van der Waals surface area contributed by atoms with Crippen molar-refractivity contribution in [1.29, 1.82) is 0 Å². The Balaban J connectivity index is 2.06. The quantitative estimate of drug-likeness (QED) is 0.828. The fourth-order valence-electron chi connectivity index (χ4n) is 2.08. The van der Waals surface area contributed by atoms with E-state index < -0.39 is 6.04 Å². The molecule has 1 aromatic carbocycles. The smallest absolute Gasteiger partial charge is 0.244 e. The Kier molecular flexibility index (Phi) is 5.25. The topological polar surface area (TPSA) is 71.1 Å². The number of hydrogen-bond acceptors (Lipinski definition) is 3. The predicted molar refractivity (Wildman–Crippen MR) is 87.1 cm³/mol. The normalized spacial score (nSPS) is 12.3. The summed E-state index contributed by atoms with van der Waals surface area (Å²) in [5.41, 5.74) is 1.57. The van der Waals surface area contributed by atoms with Gasteiger partial charge in [0.1, 0.15) is 6.04 Å². The number of rotatable bonds is 5. The van der Waals surface area contributed by atoms with Crippen LogP contribution in [0.3, 0.4) is 0 Å². The standard InChI is InChI=1S/C17H19N3O2/c1-3-14(17(22)18-2)20-16(21)11-10-13-9-8-12-6-4-5-7-15(12)19-13/h4-11,14H,3H2,1-2H3,(H,18,22)(H,20,21)/b11-10+. The number of pyridine rings is 1. The molecule has 22 heavy (non-hydrogen) atoms. The first-order valence-electron chi connectivity index (χ1n) is 7.20. The number of aromatic nitrogens is 1. The maximum Gasteiger partial charge on any atom is 0.244 e. The molecule has 5 heteroatoms. The fourth-order valence-corrected chi connectivity index (χ4v) is 2.08. The van der Waals surface area contributed by atoms with Crippen molar-refractivity contribution in [3.05, 3.63) is 48.2 Å². The number of nitrogens with one attached hydrogen (secondary N) is 2. The van der Waals surface area contributed by atoms with Gasteiger partial charge in [0.15, 0.2) is 0 Å². The van der Waals surface area contributed by atoms with Gasteiger partial charge in [-0.1, -0.05) is 31.2 Å². The zero-order valence-electron chi connectivity index (χ0n) is 12.7. The summed E-state index contributed by atoms with van der Waals surface area (Å²) in [6, 6.07) is 11.1. The number of carbonyl (C=O) groups is 2. The summed E-state index contributed by atoms with van der Waals surface area (Å²) in [6.45, 7) is 1.84. The van der Waals surface area contributed by atoms with E-state index in [2.05, 4.69) is 15.6 Å². The average molecular weight is 297 g/mol. The van der Waals surface area contributed by atoms with Gasteiger partial charge in [0, 0.05) is 18.5 Å². The zero-order chi connectivity index (χ0) is 15.9. The highest BCUT2D eigenvalue weighted by Gasteiger charge is 2.15. The minimum atomic E-state index is -0.522. The van der Waals surface area contributed by atoms with Crippen molar-refractivity contribution < 1.29 is 9.59 Å². The lowest BCUT2D eigenvalue weighted by Crippen LogP contribution is -2.44. The first-order valence-corrected chi connectivity index (χ1v) is 7.20. The van der Waals surface area contributed by atoms with E-state index in [1.54, 1.807) is 13.1 Å². The second-order valence-electron chi connectivity index (χ2n) is 4.85. The first kappa shape index (κ1) is 15.7. The molecule has 0 aliphatic rings. The molecular weight excluding hydrogens is 278 g/mol. The molecule has 2 N–H and O–H groups in total. The van der Waals surface area contributed by atoms with Crippen molar-refractivity contribution in [3.63, 3.8) is 0 Å². The van der Waals surface area contributed by atoms with Crippen molar-refractivity contribution in [3.8, 4) is 0 Å². The summed E-state index contributed by atoms with van der Waals surface area (Å²) in [4.78, 5) is 27.9. The highest BCUT2D eigenvalue weighted by Crippen LogP contribution is 2.12. The molecule has 2 rings (SSSR count). The van der Waals surface area contributed by atoms with Crippen molar-refractivity contribution in [1.82, 2.24) is 15.6 Å². The summed E-state index contributed by atoms with van der Waals surface area (Å²) in [6.07, 6.45) is 3.56. The Morgan fingerprint density at radius 3 is 2.73 bits per heavy atom. The number of nitrogens with zero attached hydrogens (tertiary/aromatic N) is 1. The van der Waals surface area contributed by atoms with Gasteiger partial charge >= 0.3 is 0 Å². The maximum atomic E-state index is 11.9. The minimum absolute atomic E-state index is 0.201. The van der Waals surface area contributed by atoms with Crippen LogP contribution in [0.1, 0.15) is 19.0 Å². The number of amides is 2. The zero-order valence-corrected chi connectivity index (χ0v) is 12.7. The molecule has 0 aliphatic heterocycles. The van der Waals surface area contributed by atoms with Crippen LogP contribution in [0, 0.1) is 0 Å². The van der Waals surface area contributed by atoms with E-state index >= 15 is 0 Å². The van der Waals surface area contributed by atoms with Gasteiger partial charge in [-0.25, -0.2) is 4.98 Å². The monoisotopic (exact) mass is 297 g/mol. The third-order valence-corrected chi connectivity index (χ3v) is 3.31. The molecule has 2 amide bonds. The second kappa shape index (κ2) is 7.36. The minimum Gasteiger partial charge on any atom is -0.357 e. The Hall–Kier alpha value is -2.69. The highest BCUT2D eigenvalue weighted by molar-refractivity contribution is 5.95. The van der Waals surface area contributed by atoms with Gasteiger partial charge in [-0.3, -0.25) is 9.59 Å². The Labute approximate surface area is 129 Å². The summed E-state index contributed by atoms with van der Waals surface area (Å²) in [5, 5.41) is 6.24. The number of carbonyl (C=O) groups excluding carboxylic acids is 2. The van der Waals surface area contributed by atoms with Crippen LogP contribution in [-0.4, -0.2) is 29.9 Å². The van der Waals surface area contributed by atoms with Gasteiger partial charge < -0.3 is 10.6 Å². The van der Waals surface area contributed by atoms with E-state index in [0.29, 0.717) is 12.1 Å². The fraction of sp³-hybridized carbons (Fsp3) is 0.235. The summed E-state index contributed by atoms with van der Waals surface area (Å²) < 4.78 is 0. The Morgan fingerprint density at radius 2 is 2.00 bits per heavy atom. The van der Waals surface area contributed by atoms with Crippen LogP contribution in [0.15, 0.2) is 42.5 Å². The van der Waals surface area contributed by atoms with Crippen LogP contribution in [0.4, 0.5) is 0 Å². The molecular formula is C17H19N3O2. The molecule has 0 bridgehead atoms. The molecule has 0 saturated carbocycles. The van der Waals surface area contributed by atoms with Crippen molar-refractivity contribution in [2.75, 3.05) is 7.05 Å². The van der Waals surface area contributed by atoms with Gasteiger partial charge in [0.2, 0.25) is 11.8 Å². The van der Waals surface area contributed by atoms with E-state index in [4.69, 9.17) is 0 Å². The number of likely N-dealkylation sites (N-methyl/N-ethyl adjacent to an activating group) is 1. The van der Waals surface area contributed by atoms with Crippen LogP contribution in [0.2, 0.25) is 0 Å². The van der Waals surface area contributed by atoms with Crippen LogP contribution in [0.5, 0.6) is 0 Å². The highest BCUT2D eigenvalue weighted by atomic mass is 16.2. The maximum absolute atomic E-state index is 11.9. The summed E-state index contributed by atoms with van der Waals surface area (Å²) >= 11 is 0. The number of fused-ring (bicyclic) bond motifs is 1. The molecule has 0 saturated heterocycles. The molecule has 114 valence electrons. The van der Waals surface area contributed by atoms with Crippen molar-refractivity contribution in [2.24, 2.45) is 0 Å². The first-order chi connectivity index (χ1) is 10.6. The van der Waals surface area contributed by atoms with Crippen molar-refractivity contribution >= 4 is 28.8 Å². The van der Waals surface area contributed by atoms with Crippen molar-refractivity contribution in [2.45, 2.75) is 19.4 Å². The number of hydrogen-bond donors (Lipinski definition) is 2. The van der Waals surface area contributed by atoms with E-state index in [-0.39, 0.29) is 11.8 Å². The predicted octanol–water partition coefficient (Wildman–Crippen LogP) is 1.89. The molecule has 2 aromatic rings. The van der Waals surface area contributed by atoms with Gasteiger partial charge in [0.05, 0.1) is 11.2 Å². The Bertz CT molecular complexity index is 710. The third-order valence-electron chi connectivity index (χ3n) is 3.31. The van der Waals surface area contributed by atoms with Gasteiger partial charge in [-0.15, -0.1) is 0 Å². The van der Waals surface area contributed by atoms with E-state index in [0.717, 1.165) is 10.9 Å². The SMILES string of the molecule is CCC(NC(=O)/C=C/c1ccc2ccccc2n1)C(=O)NC. The number of para-hydroxylation sites is 1. The van der Waals surface area contributed by atoms with Crippen LogP contribution in [0.25, 0.3) is 17.0 Å². The summed E-state index contributed by atoms with van der Waals surface area (Å²) in [7, 11) is 1.55. The van der Waals surface area contributed by atoms with Crippen LogP contribution in [-0.2, 0) is 9.59 Å². The molecule has 0 fully saturated rings. The van der Waals surface area contributed by atoms with E-state index in [1.165, 1.54) is 6.08 Å². The molecule has 1 unspecified atom stereocenters. The van der Waals surface area contributed by atoms with E-state index in [1.807, 2.05) is 43.3 Å². The molecule has 1 aromatic heterocycles. The second-order valence-corrected chi connectivity index (χ2v) is 4.85. The van der Waals surface area contributed by atoms with Gasteiger partial charge in [-0.05, 0) is 24.6 Å². The average Bonchev–Trinajstić information content (AvgIpc) is 2.56. The van der Waals surface area contributed by atoms with E-state index in [9.17, 15) is 9.59 Å². The number of benzene rings is 1. The molecule has 5 nitrogen and oxygen atoms in total. The van der Waals surface area contributed by atoms with Gasteiger partial charge in [-0.2, -0.15) is 0 Å². The van der Waals surface area contributed by atoms with Crippen LogP contribution >= 0.6 is 0 Å². The molecule has 1 atom stereocenters. The summed E-state index contributed by atoms with van der Waals surface area (Å²) in [5.74, 6) is -0.515. The molecule has 1 heterocycles. The lowest BCUT2D eigenvalue weighted by molar-refractivity contribution is -0.126. The van der Waals surface area contributed by atoms with Crippen LogP contribution < -0.4 is 10.6 Å². The third kappa shape index (κ3) is 3.91. The molecule has 0 aliphatic carbocycles. The Morgan fingerprint density at radius 1 is 1.23 bits per heavy atom. The van der Waals surface area contributed by atoms with Gasteiger partial charge in [0.25, 0.3) is 0 Å². The largest absolute Gasteiger partial charge is 0.357 e. The molecule has 0 radical (unpaired) electrons. The lowest BCUT2D eigenvalue weighted by Gasteiger charge is -2.13. The lowest BCUT2D eigenvalue weighted by atomic mass is 10.2.